The fraction of sp³-hybridized carbons (Fsp3) is 0.778. The van der Waals surface area contributed by atoms with Crippen molar-refractivity contribution in [3.63, 3.8) is 0 Å². The quantitative estimate of drug-likeness (QED) is 0.587. The Hall–Kier alpha value is -0.700. The minimum absolute atomic E-state index is 0.0911. The Balaban J connectivity index is 0.000000561. The standard InChI is InChI=1S/C7H11NO2.C2H6/c1-5(9)7-3-6(10)4-8(7)2;1-2/h7H,3-4H2,1-2H3;1-2H3. The monoisotopic (exact) mass is 171 g/mol. The van der Waals surface area contributed by atoms with Crippen LogP contribution in [0.2, 0.25) is 0 Å². The van der Waals surface area contributed by atoms with Crippen molar-refractivity contribution in [2.45, 2.75) is 33.2 Å². The molecule has 0 aromatic rings. The SMILES string of the molecule is CC.CC(=O)C1CC(=O)CN1C. The summed E-state index contributed by atoms with van der Waals surface area (Å²) in [5.74, 6) is 0.260. The third kappa shape index (κ3) is 2.74. The predicted octanol–water partition coefficient (Wildman–Crippen LogP) is 0.875. The molecule has 0 N–H and O–H groups in total. The molecule has 0 aliphatic carbocycles. The molecule has 12 heavy (non-hydrogen) atoms. The van der Waals surface area contributed by atoms with Gasteiger partial charge >= 0.3 is 0 Å². The van der Waals surface area contributed by atoms with Crippen LogP contribution >= 0.6 is 0 Å². The lowest BCUT2D eigenvalue weighted by molar-refractivity contribution is -0.121. The van der Waals surface area contributed by atoms with Gasteiger partial charge in [0.05, 0.1) is 12.6 Å². The fourth-order valence-electron chi connectivity index (χ4n) is 1.28. The molecule has 1 rings (SSSR count). The van der Waals surface area contributed by atoms with E-state index in [0.717, 1.165) is 0 Å². The van der Waals surface area contributed by atoms with E-state index in [1.165, 1.54) is 6.92 Å². The highest BCUT2D eigenvalue weighted by molar-refractivity contribution is 5.93. The number of carbonyl (C=O) groups is 2. The fourth-order valence-corrected chi connectivity index (χ4v) is 1.28. The molecular formula is C9H17NO2. The van der Waals surface area contributed by atoms with Gasteiger partial charge in [0, 0.05) is 6.42 Å². The predicted molar refractivity (Wildman–Crippen MR) is 48.1 cm³/mol. The highest BCUT2D eigenvalue weighted by atomic mass is 16.1. The van der Waals surface area contributed by atoms with Gasteiger partial charge < -0.3 is 0 Å². The van der Waals surface area contributed by atoms with E-state index in [1.807, 2.05) is 13.8 Å². The van der Waals surface area contributed by atoms with Gasteiger partial charge in [-0.2, -0.15) is 0 Å². The highest BCUT2D eigenvalue weighted by Crippen LogP contribution is 2.11. The molecule has 3 nitrogen and oxygen atoms in total. The number of Topliss-reactive ketones (excluding diaryl/α,β-unsaturated/α-hetero) is 2. The molecule has 1 saturated heterocycles. The van der Waals surface area contributed by atoms with E-state index in [1.54, 1.807) is 11.9 Å². The summed E-state index contributed by atoms with van der Waals surface area (Å²) in [4.78, 5) is 23.4. The smallest absolute Gasteiger partial charge is 0.148 e. The molecule has 0 saturated carbocycles. The summed E-state index contributed by atoms with van der Waals surface area (Å²) < 4.78 is 0. The second-order valence-electron chi connectivity index (χ2n) is 2.78. The Morgan fingerprint density at radius 3 is 2.17 bits per heavy atom. The lowest BCUT2D eigenvalue weighted by Crippen LogP contribution is -2.30. The summed E-state index contributed by atoms with van der Waals surface area (Å²) in [6, 6.07) is -0.146. The molecule has 1 unspecified atom stereocenters. The van der Waals surface area contributed by atoms with Crippen molar-refractivity contribution < 1.29 is 9.59 Å². The minimum Gasteiger partial charge on any atom is -0.298 e. The van der Waals surface area contributed by atoms with Gasteiger partial charge in [0.2, 0.25) is 0 Å². The Morgan fingerprint density at radius 2 is 2.00 bits per heavy atom. The average molecular weight is 171 g/mol. The normalized spacial score (nSPS) is 23.3. The maximum atomic E-state index is 10.8. The second-order valence-corrected chi connectivity index (χ2v) is 2.78. The van der Waals surface area contributed by atoms with Crippen molar-refractivity contribution in [3.8, 4) is 0 Å². The van der Waals surface area contributed by atoms with Crippen molar-refractivity contribution in [2.75, 3.05) is 13.6 Å². The number of hydrogen-bond acceptors (Lipinski definition) is 3. The van der Waals surface area contributed by atoms with Gasteiger partial charge in [-0.25, -0.2) is 0 Å². The van der Waals surface area contributed by atoms with Gasteiger partial charge in [-0.1, -0.05) is 13.8 Å². The first-order valence-electron chi connectivity index (χ1n) is 4.33. The third-order valence-corrected chi connectivity index (χ3v) is 1.85. The van der Waals surface area contributed by atoms with Crippen LogP contribution in [0.25, 0.3) is 0 Å². The molecule has 3 heteroatoms. The third-order valence-electron chi connectivity index (χ3n) is 1.85. The number of rotatable bonds is 1. The first-order chi connectivity index (χ1) is 5.61. The molecule has 0 aromatic carbocycles. The van der Waals surface area contributed by atoms with Gasteiger partial charge in [-0.05, 0) is 14.0 Å². The molecule has 1 atom stereocenters. The van der Waals surface area contributed by atoms with Crippen LogP contribution in [-0.2, 0) is 9.59 Å². The molecule has 0 spiro atoms. The summed E-state index contributed by atoms with van der Waals surface area (Å²) in [5.41, 5.74) is 0. The summed E-state index contributed by atoms with van der Waals surface area (Å²) in [6.45, 7) is 5.96. The Morgan fingerprint density at radius 1 is 1.50 bits per heavy atom. The van der Waals surface area contributed by atoms with Crippen LogP contribution in [0, 0.1) is 0 Å². The van der Waals surface area contributed by atoms with Gasteiger partial charge in [-0.3, -0.25) is 14.5 Å². The zero-order valence-electron chi connectivity index (χ0n) is 8.26. The van der Waals surface area contributed by atoms with E-state index in [9.17, 15) is 9.59 Å². The summed E-state index contributed by atoms with van der Waals surface area (Å²) >= 11 is 0. The number of ketones is 2. The van der Waals surface area contributed by atoms with Crippen LogP contribution < -0.4 is 0 Å². The van der Waals surface area contributed by atoms with Crippen LogP contribution in [-0.4, -0.2) is 36.1 Å². The van der Waals surface area contributed by atoms with Crippen molar-refractivity contribution in [1.29, 1.82) is 0 Å². The van der Waals surface area contributed by atoms with Crippen LogP contribution in [0.3, 0.4) is 0 Å². The number of likely N-dealkylation sites (tertiary alicyclic amines) is 1. The van der Waals surface area contributed by atoms with Gasteiger partial charge in [-0.15, -0.1) is 0 Å². The van der Waals surface area contributed by atoms with Crippen molar-refractivity contribution in [2.24, 2.45) is 0 Å². The van der Waals surface area contributed by atoms with Crippen molar-refractivity contribution in [3.05, 3.63) is 0 Å². The van der Waals surface area contributed by atoms with E-state index in [-0.39, 0.29) is 17.6 Å². The largest absolute Gasteiger partial charge is 0.298 e. The zero-order valence-corrected chi connectivity index (χ0v) is 8.26. The van der Waals surface area contributed by atoms with Crippen molar-refractivity contribution >= 4 is 11.6 Å². The first-order valence-corrected chi connectivity index (χ1v) is 4.33. The number of hydrogen-bond donors (Lipinski definition) is 0. The average Bonchev–Trinajstić information content (AvgIpc) is 2.34. The number of likely N-dealkylation sites (N-methyl/N-ethyl adjacent to an activating group) is 1. The molecule has 0 aromatic heterocycles. The molecule has 0 bridgehead atoms. The number of nitrogens with zero attached hydrogens (tertiary/aromatic N) is 1. The highest BCUT2D eigenvalue weighted by Gasteiger charge is 2.30. The first kappa shape index (κ1) is 11.3. The molecule has 1 fully saturated rings. The van der Waals surface area contributed by atoms with Gasteiger partial charge in [0.1, 0.15) is 11.6 Å². The van der Waals surface area contributed by atoms with E-state index in [4.69, 9.17) is 0 Å². The Labute approximate surface area is 73.7 Å². The summed E-state index contributed by atoms with van der Waals surface area (Å²) in [7, 11) is 1.80. The van der Waals surface area contributed by atoms with Crippen LogP contribution in [0.5, 0.6) is 0 Å². The molecule has 70 valence electrons. The maximum Gasteiger partial charge on any atom is 0.148 e. The van der Waals surface area contributed by atoms with E-state index < -0.39 is 0 Å². The molecule has 1 aliphatic heterocycles. The van der Waals surface area contributed by atoms with E-state index >= 15 is 0 Å². The van der Waals surface area contributed by atoms with E-state index in [0.29, 0.717) is 13.0 Å². The van der Waals surface area contributed by atoms with Crippen LogP contribution in [0.15, 0.2) is 0 Å². The van der Waals surface area contributed by atoms with Gasteiger partial charge in [0.25, 0.3) is 0 Å². The molecule has 1 aliphatic rings. The lowest BCUT2D eigenvalue weighted by atomic mass is 10.1. The second kappa shape index (κ2) is 5.04. The van der Waals surface area contributed by atoms with Crippen LogP contribution in [0.4, 0.5) is 0 Å². The maximum absolute atomic E-state index is 10.8. The van der Waals surface area contributed by atoms with Gasteiger partial charge in [0.15, 0.2) is 0 Å². The van der Waals surface area contributed by atoms with Crippen molar-refractivity contribution in [1.82, 2.24) is 4.90 Å². The Bertz CT molecular complexity index is 177. The van der Waals surface area contributed by atoms with E-state index in [2.05, 4.69) is 0 Å². The lowest BCUT2D eigenvalue weighted by Gasteiger charge is -2.13. The van der Waals surface area contributed by atoms with Crippen LogP contribution in [0.1, 0.15) is 27.2 Å². The number of carbonyl (C=O) groups excluding carboxylic acids is 2. The summed E-state index contributed by atoms with van der Waals surface area (Å²) in [5, 5.41) is 0. The molecule has 1 heterocycles. The minimum atomic E-state index is -0.146. The molecule has 0 amide bonds. The molecule has 0 radical (unpaired) electrons. The zero-order chi connectivity index (χ0) is 9.72. The molecular weight excluding hydrogens is 154 g/mol. The Kier molecular flexibility index (Phi) is 4.74. The topological polar surface area (TPSA) is 37.4 Å². The summed E-state index contributed by atoms with van der Waals surface area (Å²) in [6.07, 6.45) is 0.409.